The summed E-state index contributed by atoms with van der Waals surface area (Å²) in [7, 11) is 0. The minimum absolute atomic E-state index is 0.116. The van der Waals surface area contributed by atoms with Crippen molar-refractivity contribution >= 4 is 23.0 Å². The third-order valence-electron chi connectivity index (χ3n) is 2.63. The molecule has 5 nitrogen and oxygen atoms in total. The third kappa shape index (κ3) is 2.28. The van der Waals surface area contributed by atoms with Crippen LogP contribution in [0.4, 0.5) is 5.82 Å². The molecule has 16 heavy (non-hydrogen) atoms. The van der Waals surface area contributed by atoms with Crippen molar-refractivity contribution in [2.24, 2.45) is 5.73 Å². The van der Waals surface area contributed by atoms with Gasteiger partial charge in [-0.05, 0) is 19.4 Å². The van der Waals surface area contributed by atoms with Crippen molar-refractivity contribution in [2.75, 3.05) is 18.5 Å². The molecular weight excluding hydrogens is 224 g/mol. The van der Waals surface area contributed by atoms with Crippen LogP contribution in [0.2, 0.25) is 0 Å². The van der Waals surface area contributed by atoms with Crippen LogP contribution in [0.15, 0.2) is 12.3 Å². The van der Waals surface area contributed by atoms with Crippen LogP contribution in [0.5, 0.6) is 0 Å². The molecule has 0 saturated carbocycles. The summed E-state index contributed by atoms with van der Waals surface area (Å²) >= 11 is 4.97. The molecule has 1 fully saturated rings. The van der Waals surface area contributed by atoms with Gasteiger partial charge in [-0.25, -0.2) is 0 Å². The summed E-state index contributed by atoms with van der Waals surface area (Å²) in [5.74, 6) is 0.628. The Morgan fingerprint density at radius 2 is 2.50 bits per heavy atom. The predicted molar refractivity (Wildman–Crippen MR) is 65.4 cm³/mol. The van der Waals surface area contributed by atoms with E-state index in [2.05, 4.69) is 22.4 Å². The first-order chi connectivity index (χ1) is 7.61. The van der Waals surface area contributed by atoms with Gasteiger partial charge in [0.15, 0.2) is 5.82 Å². The minimum Gasteiger partial charge on any atom is -0.389 e. The van der Waals surface area contributed by atoms with E-state index in [1.807, 2.05) is 0 Å². The number of nitrogens with zero attached hydrogens (tertiary/aromatic N) is 2. The van der Waals surface area contributed by atoms with Crippen LogP contribution < -0.4 is 11.1 Å². The van der Waals surface area contributed by atoms with Gasteiger partial charge in [0.05, 0.1) is 23.9 Å². The van der Waals surface area contributed by atoms with Gasteiger partial charge in [-0.3, -0.25) is 0 Å². The van der Waals surface area contributed by atoms with Crippen LogP contribution in [-0.2, 0) is 4.74 Å². The van der Waals surface area contributed by atoms with Gasteiger partial charge in [0.25, 0.3) is 0 Å². The van der Waals surface area contributed by atoms with Gasteiger partial charge in [-0.15, -0.1) is 5.10 Å². The van der Waals surface area contributed by atoms with E-state index in [9.17, 15) is 0 Å². The fourth-order valence-corrected chi connectivity index (χ4v) is 1.84. The zero-order valence-electron chi connectivity index (χ0n) is 9.06. The van der Waals surface area contributed by atoms with Crippen LogP contribution in [0.3, 0.4) is 0 Å². The van der Waals surface area contributed by atoms with Crippen molar-refractivity contribution in [3.63, 3.8) is 0 Å². The number of nitrogens with one attached hydrogen (secondary N) is 1. The van der Waals surface area contributed by atoms with Gasteiger partial charge in [-0.2, -0.15) is 5.10 Å². The molecule has 0 amide bonds. The van der Waals surface area contributed by atoms with E-state index >= 15 is 0 Å². The molecule has 1 atom stereocenters. The van der Waals surface area contributed by atoms with Crippen molar-refractivity contribution in [3.05, 3.63) is 17.8 Å². The quantitative estimate of drug-likeness (QED) is 0.755. The molecule has 0 aliphatic carbocycles. The molecule has 1 aromatic heterocycles. The van der Waals surface area contributed by atoms with Crippen molar-refractivity contribution < 1.29 is 4.74 Å². The number of nitrogens with two attached hydrogens (primary N) is 1. The van der Waals surface area contributed by atoms with Crippen molar-refractivity contribution in [1.82, 2.24) is 10.2 Å². The normalized spacial score (nSPS) is 24.3. The minimum atomic E-state index is -0.116. The molecule has 1 saturated heterocycles. The lowest BCUT2D eigenvalue weighted by molar-refractivity contribution is 0.185. The summed E-state index contributed by atoms with van der Waals surface area (Å²) in [6.45, 7) is 3.49. The lowest BCUT2D eigenvalue weighted by atomic mass is 10.0. The standard InChI is InChI=1S/C10H14N4OS/c1-10(3-5-15-6-10)13-9-7(8(11)16)2-4-12-14-9/h2,4H,3,5-6H2,1H3,(H2,11,16)(H,13,14). The smallest absolute Gasteiger partial charge is 0.159 e. The van der Waals surface area contributed by atoms with E-state index in [0.29, 0.717) is 17.4 Å². The Labute approximate surface area is 99.4 Å². The topological polar surface area (TPSA) is 73.1 Å². The van der Waals surface area contributed by atoms with Crippen LogP contribution in [0.1, 0.15) is 18.9 Å². The van der Waals surface area contributed by atoms with Crippen LogP contribution >= 0.6 is 12.2 Å². The van der Waals surface area contributed by atoms with Crippen molar-refractivity contribution in [2.45, 2.75) is 18.9 Å². The lowest BCUT2D eigenvalue weighted by Gasteiger charge is -2.24. The highest BCUT2D eigenvalue weighted by Gasteiger charge is 2.30. The van der Waals surface area contributed by atoms with Crippen LogP contribution in [-0.4, -0.2) is 33.9 Å². The number of thiocarbonyl (C=S) groups is 1. The molecular formula is C10H14N4OS. The maximum absolute atomic E-state index is 5.62. The van der Waals surface area contributed by atoms with Gasteiger partial charge < -0.3 is 15.8 Å². The SMILES string of the molecule is CC1(Nc2nnccc2C(N)=S)CCOC1. The number of aromatic nitrogens is 2. The van der Waals surface area contributed by atoms with E-state index in [-0.39, 0.29) is 5.54 Å². The Morgan fingerprint density at radius 3 is 3.12 bits per heavy atom. The molecule has 0 spiro atoms. The van der Waals surface area contributed by atoms with E-state index in [4.69, 9.17) is 22.7 Å². The summed E-state index contributed by atoms with van der Waals surface area (Å²) < 4.78 is 5.36. The largest absolute Gasteiger partial charge is 0.389 e. The maximum atomic E-state index is 5.62. The summed E-state index contributed by atoms with van der Waals surface area (Å²) in [4.78, 5) is 0.319. The van der Waals surface area contributed by atoms with Crippen molar-refractivity contribution in [3.8, 4) is 0 Å². The second-order valence-electron chi connectivity index (χ2n) is 4.15. The fraction of sp³-hybridized carbons (Fsp3) is 0.500. The summed E-state index contributed by atoms with van der Waals surface area (Å²) in [6.07, 6.45) is 2.51. The highest BCUT2D eigenvalue weighted by atomic mass is 32.1. The second kappa shape index (κ2) is 4.31. The van der Waals surface area contributed by atoms with Crippen LogP contribution in [0.25, 0.3) is 0 Å². The zero-order chi connectivity index (χ0) is 11.6. The van der Waals surface area contributed by atoms with E-state index in [1.54, 1.807) is 12.3 Å². The molecule has 2 heterocycles. The number of rotatable bonds is 3. The molecule has 0 bridgehead atoms. The third-order valence-corrected chi connectivity index (χ3v) is 2.85. The number of hydrogen-bond acceptors (Lipinski definition) is 5. The molecule has 6 heteroatoms. The Bertz CT molecular complexity index is 404. The number of anilines is 1. The van der Waals surface area contributed by atoms with Gasteiger partial charge in [0.1, 0.15) is 4.99 Å². The summed E-state index contributed by atoms with van der Waals surface area (Å²) in [6, 6.07) is 1.76. The molecule has 1 unspecified atom stereocenters. The first kappa shape index (κ1) is 11.2. The van der Waals surface area contributed by atoms with Gasteiger partial charge in [0, 0.05) is 6.61 Å². The van der Waals surface area contributed by atoms with E-state index < -0.39 is 0 Å². The molecule has 1 aromatic rings. The fourth-order valence-electron chi connectivity index (χ4n) is 1.67. The van der Waals surface area contributed by atoms with Gasteiger partial charge in [-0.1, -0.05) is 12.2 Å². The summed E-state index contributed by atoms with van der Waals surface area (Å²) in [5, 5.41) is 11.2. The predicted octanol–water partition coefficient (Wildman–Crippen LogP) is 0.702. The maximum Gasteiger partial charge on any atom is 0.159 e. The molecule has 1 aliphatic heterocycles. The van der Waals surface area contributed by atoms with Crippen LogP contribution in [0, 0.1) is 0 Å². The van der Waals surface area contributed by atoms with E-state index in [1.165, 1.54) is 0 Å². The highest BCUT2D eigenvalue weighted by Crippen LogP contribution is 2.24. The number of ether oxygens (including phenoxy) is 1. The first-order valence-electron chi connectivity index (χ1n) is 5.08. The van der Waals surface area contributed by atoms with Gasteiger partial charge >= 0.3 is 0 Å². The summed E-state index contributed by atoms with van der Waals surface area (Å²) in [5.41, 5.74) is 6.23. The second-order valence-corrected chi connectivity index (χ2v) is 4.59. The zero-order valence-corrected chi connectivity index (χ0v) is 9.88. The Kier molecular flexibility index (Phi) is 3.02. The molecule has 3 N–H and O–H groups in total. The lowest BCUT2D eigenvalue weighted by Crippen LogP contribution is -2.36. The average Bonchev–Trinajstić information content (AvgIpc) is 2.65. The molecule has 0 radical (unpaired) electrons. The molecule has 1 aliphatic rings. The van der Waals surface area contributed by atoms with E-state index in [0.717, 1.165) is 18.6 Å². The van der Waals surface area contributed by atoms with Gasteiger partial charge in [0.2, 0.25) is 0 Å². The van der Waals surface area contributed by atoms with Crippen molar-refractivity contribution in [1.29, 1.82) is 0 Å². The number of hydrogen-bond donors (Lipinski definition) is 2. The molecule has 0 aromatic carbocycles. The molecule has 86 valence electrons. The Balaban J connectivity index is 2.23. The monoisotopic (exact) mass is 238 g/mol. The average molecular weight is 238 g/mol. The molecule has 2 rings (SSSR count). The Morgan fingerprint density at radius 1 is 1.69 bits per heavy atom. The first-order valence-corrected chi connectivity index (χ1v) is 5.49. The Hall–Kier alpha value is -1.27. The highest BCUT2D eigenvalue weighted by molar-refractivity contribution is 7.80.